The van der Waals surface area contributed by atoms with Crippen LogP contribution in [0.1, 0.15) is 41.9 Å². The van der Waals surface area contributed by atoms with Crippen LogP contribution in [0.2, 0.25) is 0 Å². The molecule has 0 aliphatic carbocycles. The Kier molecular flexibility index (Phi) is 8.46. The molecule has 29 heavy (non-hydrogen) atoms. The molecule has 0 saturated carbocycles. The van der Waals surface area contributed by atoms with Gasteiger partial charge in [-0.25, -0.2) is 0 Å². The number of hydrogen-bond donors (Lipinski definition) is 0. The van der Waals surface area contributed by atoms with Crippen LogP contribution in [0.3, 0.4) is 0 Å². The first-order chi connectivity index (χ1) is 13.9. The Morgan fingerprint density at radius 2 is 1.86 bits per heavy atom. The predicted octanol–water partition coefficient (Wildman–Crippen LogP) is 3.25. The minimum atomic E-state index is -0.113. The summed E-state index contributed by atoms with van der Waals surface area (Å²) in [4.78, 5) is 29.7. The number of rotatable bonds is 10. The fourth-order valence-electron chi connectivity index (χ4n) is 3.11. The molecule has 1 atom stereocenters. The van der Waals surface area contributed by atoms with E-state index in [0.717, 1.165) is 17.7 Å². The maximum Gasteiger partial charge on any atom is 0.254 e. The second-order valence-electron chi connectivity index (χ2n) is 7.47. The van der Waals surface area contributed by atoms with Gasteiger partial charge in [-0.1, -0.05) is 24.6 Å². The number of ether oxygens (including phenoxy) is 1. The lowest BCUT2D eigenvalue weighted by atomic mass is 10.1. The van der Waals surface area contributed by atoms with Gasteiger partial charge < -0.3 is 19.1 Å². The molecule has 2 aromatic rings. The van der Waals surface area contributed by atoms with Gasteiger partial charge in [-0.05, 0) is 44.5 Å². The van der Waals surface area contributed by atoms with Crippen LogP contribution in [-0.4, -0.2) is 59.0 Å². The number of hydrogen-bond acceptors (Lipinski definition) is 3. The van der Waals surface area contributed by atoms with Crippen LogP contribution in [0.4, 0.5) is 0 Å². The smallest absolute Gasteiger partial charge is 0.254 e. The van der Waals surface area contributed by atoms with Crippen molar-refractivity contribution in [1.82, 2.24) is 14.4 Å². The van der Waals surface area contributed by atoms with E-state index in [-0.39, 0.29) is 24.4 Å². The normalized spacial score (nSPS) is 11.9. The Bertz CT molecular complexity index is 798. The van der Waals surface area contributed by atoms with Crippen molar-refractivity contribution in [3.8, 4) is 0 Å². The average Bonchev–Trinajstić information content (AvgIpc) is 3.13. The molecule has 0 bridgehead atoms. The van der Waals surface area contributed by atoms with Crippen LogP contribution in [0.15, 0.2) is 42.6 Å². The quantitative estimate of drug-likeness (QED) is 0.616. The number of carbonyl (C=O) groups is 2. The number of aromatic nitrogens is 1. The maximum atomic E-state index is 13.2. The van der Waals surface area contributed by atoms with Crippen LogP contribution in [0.5, 0.6) is 0 Å². The molecular weight excluding hydrogens is 366 g/mol. The molecule has 6 nitrogen and oxygen atoms in total. The molecule has 1 aromatic carbocycles. The number of methoxy groups -OCH3 is 1. The Morgan fingerprint density at radius 1 is 1.17 bits per heavy atom. The first kappa shape index (κ1) is 22.7. The van der Waals surface area contributed by atoms with Crippen LogP contribution in [0, 0.1) is 6.92 Å². The Balaban J connectivity index is 2.19. The summed E-state index contributed by atoms with van der Waals surface area (Å²) in [6.07, 6.45) is 2.74. The summed E-state index contributed by atoms with van der Waals surface area (Å²) in [5, 5.41) is 0. The van der Waals surface area contributed by atoms with E-state index in [4.69, 9.17) is 4.74 Å². The molecule has 2 rings (SSSR count). The second kappa shape index (κ2) is 10.8. The molecule has 0 N–H and O–H groups in total. The Hall–Kier alpha value is -2.60. The topological polar surface area (TPSA) is 54.8 Å². The standard InChI is InChI=1S/C23H33N3O3/c1-6-19(3)26(23(28)20-11-9-18(2)10-12-20)17-22(27)25(14-15-29-5)16-21-8-7-13-24(21)4/h7-13,19H,6,14-17H2,1-5H3/t19-/m1/s1. The van der Waals surface area contributed by atoms with Crippen molar-refractivity contribution in [2.24, 2.45) is 7.05 Å². The van der Waals surface area contributed by atoms with Crippen molar-refractivity contribution in [3.63, 3.8) is 0 Å². The van der Waals surface area contributed by atoms with Crippen molar-refractivity contribution in [2.45, 2.75) is 39.8 Å². The van der Waals surface area contributed by atoms with Gasteiger partial charge in [-0.3, -0.25) is 9.59 Å². The molecule has 2 amide bonds. The van der Waals surface area contributed by atoms with Gasteiger partial charge in [0.25, 0.3) is 5.91 Å². The summed E-state index contributed by atoms with van der Waals surface area (Å²) in [6, 6.07) is 11.4. The van der Waals surface area contributed by atoms with Crippen molar-refractivity contribution in [3.05, 3.63) is 59.4 Å². The van der Waals surface area contributed by atoms with Crippen LogP contribution >= 0.6 is 0 Å². The highest BCUT2D eigenvalue weighted by atomic mass is 16.5. The molecule has 0 aliphatic rings. The molecule has 0 unspecified atom stereocenters. The van der Waals surface area contributed by atoms with Crippen molar-refractivity contribution < 1.29 is 14.3 Å². The fraction of sp³-hybridized carbons (Fsp3) is 0.478. The van der Waals surface area contributed by atoms with Crippen molar-refractivity contribution in [1.29, 1.82) is 0 Å². The molecule has 6 heteroatoms. The van der Waals surface area contributed by atoms with E-state index in [2.05, 4.69) is 0 Å². The lowest BCUT2D eigenvalue weighted by Crippen LogP contribution is -2.47. The van der Waals surface area contributed by atoms with E-state index in [9.17, 15) is 9.59 Å². The van der Waals surface area contributed by atoms with Gasteiger partial charge in [-0.15, -0.1) is 0 Å². The number of carbonyl (C=O) groups excluding carboxylic acids is 2. The predicted molar refractivity (Wildman–Crippen MR) is 115 cm³/mol. The van der Waals surface area contributed by atoms with Crippen LogP contribution in [-0.2, 0) is 23.1 Å². The molecule has 1 heterocycles. The molecule has 0 saturated heterocycles. The third-order valence-electron chi connectivity index (χ3n) is 5.31. The summed E-state index contributed by atoms with van der Waals surface area (Å²) in [7, 11) is 3.58. The van der Waals surface area contributed by atoms with Gasteiger partial charge in [0.1, 0.15) is 6.54 Å². The SMILES string of the molecule is CC[C@@H](C)N(CC(=O)N(CCOC)Cc1cccn1C)C(=O)c1ccc(C)cc1. The van der Waals surface area contributed by atoms with Gasteiger partial charge in [0, 0.05) is 44.2 Å². The van der Waals surface area contributed by atoms with E-state index in [0.29, 0.717) is 25.3 Å². The minimum Gasteiger partial charge on any atom is -0.383 e. The first-order valence-corrected chi connectivity index (χ1v) is 10.1. The van der Waals surface area contributed by atoms with E-state index >= 15 is 0 Å². The van der Waals surface area contributed by atoms with Crippen LogP contribution < -0.4 is 0 Å². The minimum absolute atomic E-state index is 0.0351. The highest BCUT2D eigenvalue weighted by Crippen LogP contribution is 2.14. The summed E-state index contributed by atoms with van der Waals surface area (Å²) < 4.78 is 7.19. The molecule has 158 valence electrons. The lowest BCUT2D eigenvalue weighted by molar-refractivity contribution is -0.133. The lowest BCUT2D eigenvalue weighted by Gasteiger charge is -2.31. The van der Waals surface area contributed by atoms with E-state index in [1.54, 1.807) is 16.9 Å². The zero-order valence-corrected chi connectivity index (χ0v) is 18.2. The van der Waals surface area contributed by atoms with Gasteiger partial charge in [0.15, 0.2) is 0 Å². The van der Waals surface area contributed by atoms with Gasteiger partial charge in [-0.2, -0.15) is 0 Å². The van der Waals surface area contributed by atoms with E-state index in [1.165, 1.54) is 0 Å². The van der Waals surface area contributed by atoms with Gasteiger partial charge in [0.2, 0.25) is 5.91 Å². The number of aryl methyl sites for hydroxylation is 2. The Morgan fingerprint density at radius 3 is 2.41 bits per heavy atom. The summed E-state index contributed by atoms with van der Waals surface area (Å²) in [5.74, 6) is -0.192. The average molecular weight is 400 g/mol. The largest absolute Gasteiger partial charge is 0.383 e. The molecule has 0 spiro atoms. The number of amides is 2. The number of benzene rings is 1. The summed E-state index contributed by atoms with van der Waals surface area (Å²) in [5.41, 5.74) is 2.74. The van der Waals surface area contributed by atoms with Crippen LogP contribution in [0.25, 0.3) is 0 Å². The highest BCUT2D eigenvalue weighted by molar-refractivity contribution is 5.96. The van der Waals surface area contributed by atoms with Gasteiger partial charge >= 0.3 is 0 Å². The molecule has 1 aromatic heterocycles. The van der Waals surface area contributed by atoms with E-state index < -0.39 is 0 Å². The fourth-order valence-corrected chi connectivity index (χ4v) is 3.11. The highest BCUT2D eigenvalue weighted by Gasteiger charge is 2.26. The molecule has 0 aliphatic heterocycles. The maximum absolute atomic E-state index is 13.2. The number of nitrogens with zero attached hydrogens (tertiary/aromatic N) is 3. The van der Waals surface area contributed by atoms with Crippen molar-refractivity contribution >= 4 is 11.8 Å². The molecule has 0 radical (unpaired) electrons. The summed E-state index contributed by atoms with van der Waals surface area (Å²) in [6.45, 7) is 7.46. The second-order valence-corrected chi connectivity index (χ2v) is 7.47. The third-order valence-corrected chi connectivity index (χ3v) is 5.31. The van der Waals surface area contributed by atoms with Crippen molar-refractivity contribution in [2.75, 3.05) is 26.8 Å². The van der Waals surface area contributed by atoms with Gasteiger partial charge in [0.05, 0.1) is 13.2 Å². The Labute approximate surface area is 174 Å². The third kappa shape index (κ3) is 6.19. The molecular formula is C23H33N3O3. The monoisotopic (exact) mass is 399 g/mol. The molecule has 0 fully saturated rings. The first-order valence-electron chi connectivity index (χ1n) is 10.1. The summed E-state index contributed by atoms with van der Waals surface area (Å²) >= 11 is 0. The van der Waals surface area contributed by atoms with E-state index in [1.807, 2.05) is 75.0 Å². The zero-order chi connectivity index (χ0) is 21.4. The zero-order valence-electron chi connectivity index (χ0n) is 18.2.